The molecule has 2 aliphatic rings. The number of hydrogen-bond donors (Lipinski definition) is 0. The van der Waals surface area contributed by atoms with E-state index in [9.17, 15) is 0 Å². The molecule has 1 heterocycles. The lowest BCUT2D eigenvalue weighted by molar-refractivity contribution is 0.0820. The first-order chi connectivity index (χ1) is 5.37. The van der Waals surface area contributed by atoms with Crippen LogP contribution in [-0.4, -0.2) is 24.9 Å². The van der Waals surface area contributed by atoms with Crippen LogP contribution in [0.4, 0.5) is 0 Å². The van der Waals surface area contributed by atoms with Gasteiger partial charge in [0.15, 0.2) is 0 Å². The minimum absolute atomic E-state index is 0.175. The van der Waals surface area contributed by atoms with Gasteiger partial charge in [0.2, 0.25) is 0 Å². The largest absolute Gasteiger partial charge is 0.379 e. The van der Waals surface area contributed by atoms with Gasteiger partial charge in [0.25, 0.3) is 0 Å². The van der Waals surface area contributed by atoms with Crippen molar-refractivity contribution in [1.82, 2.24) is 0 Å². The standard InChI is InChI=1S/C9H16O2/c1-2-10-7-9-6-4-3-5-8(9)11-9/h8H,2-7H2,1H3. The zero-order valence-corrected chi connectivity index (χ0v) is 7.14. The van der Waals surface area contributed by atoms with Crippen LogP contribution in [0.1, 0.15) is 32.6 Å². The predicted octanol–water partition coefficient (Wildman–Crippen LogP) is 1.73. The third-order valence-electron chi connectivity index (χ3n) is 2.77. The van der Waals surface area contributed by atoms with E-state index in [0.717, 1.165) is 13.2 Å². The van der Waals surface area contributed by atoms with Gasteiger partial charge in [-0.3, -0.25) is 0 Å². The summed E-state index contributed by atoms with van der Waals surface area (Å²) in [7, 11) is 0. The summed E-state index contributed by atoms with van der Waals surface area (Å²) in [6.07, 6.45) is 5.69. The second kappa shape index (κ2) is 2.76. The predicted molar refractivity (Wildman–Crippen MR) is 42.6 cm³/mol. The fourth-order valence-electron chi connectivity index (χ4n) is 2.02. The lowest BCUT2D eigenvalue weighted by Gasteiger charge is -2.16. The molecule has 1 aliphatic heterocycles. The Morgan fingerprint density at radius 2 is 2.45 bits per heavy atom. The van der Waals surface area contributed by atoms with Crippen LogP contribution in [-0.2, 0) is 9.47 Å². The van der Waals surface area contributed by atoms with Gasteiger partial charge in [-0.25, -0.2) is 0 Å². The van der Waals surface area contributed by atoms with Gasteiger partial charge >= 0.3 is 0 Å². The van der Waals surface area contributed by atoms with E-state index in [-0.39, 0.29) is 5.60 Å². The first-order valence-corrected chi connectivity index (χ1v) is 4.63. The molecule has 2 nitrogen and oxygen atoms in total. The first kappa shape index (κ1) is 7.56. The molecule has 0 N–H and O–H groups in total. The Morgan fingerprint density at radius 1 is 1.55 bits per heavy atom. The molecule has 1 aliphatic carbocycles. The Balaban J connectivity index is 1.82. The molecule has 2 atom stereocenters. The van der Waals surface area contributed by atoms with E-state index in [1.165, 1.54) is 25.7 Å². The van der Waals surface area contributed by atoms with E-state index >= 15 is 0 Å². The molecule has 0 spiro atoms. The molecule has 11 heavy (non-hydrogen) atoms. The zero-order valence-electron chi connectivity index (χ0n) is 7.14. The van der Waals surface area contributed by atoms with Crippen molar-refractivity contribution in [3.8, 4) is 0 Å². The summed E-state index contributed by atoms with van der Waals surface area (Å²) in [6.45, 7) is 3.68. The van der Waals surface area contributed by atoms with Gasteiger partial charge in [0, 0.05) is 6.61 Å². The van der Waals surface area contributed by atoms with Crippen LogP contribution in [0.15, 0.2) is 0 Å². The molecule has 2 unspecified atom stereocenters. The van der Waals surface area contributed by atoms with E-state index in [0.29, 0.717) is 6.10 Å². The molecule has 2 fully saturated rings. The Morgan fingerprint density at radius 3 is 3.18 bits per heavy atom. The molecule has 0 radical (unpaired) electrons. The highest BCUT2D eigenvalue weighted by atomic mass is 16.6. The second-order valence-corrected chi connectivity index (χ2v) is 3.55. The van der Waals surface area contributed by atoms with E-state index in [1.807, 2.05) is 6.92 Å². The first-order valence-electron chi connectivity index (χ1n) is 4.63. The van der Waals surface area contributed by atoms with Crippen LogP contribution in [0.5, 0.6) is 0 Å². The highest BCUT2D eigenvalue weighted by molar-refractivity contribution is 5.04. The highest BCUT2D eigenvalue weighted by Gasteiger charge is 2.57. The molecule has 0 bridgehead atoms. The van der Waals surface area contributed by atoms with E-state index in [2.05, 4.69) is 0 Å². The Kier molecular flexibility index (Phi) is 1.90. The third kappa shape index (κ3) is 1.30. The van der Waals surface area contributed by atoms with Crippen molar-refractivity contribution in [2.24, 2.45) is 0 Å². The maximum absolute atomic E-state index is 5.64. The quantitative estimate of drug-likeness (QED) is 0.580. The summed E-state index contributed by atoms with van der Waals surface area (Å²) in [4.78, 5) is 0. The van der Waals surface area contributed by atoms with Crippen molar-refractivity contribution in [2.75, 3.05) is 13.2 Å². The van der Waals surface area contributed by atoms with Crippen molar-refractivity contribution >= 4 is 0 Å². The minimum atomic E-state index is 0.175. The van der Waals surface area contributed by atoms with Gasteiger partial charge in [-0.1, -0.05) is 12.8 Å². The zero-order chi connectivity index (χ0) is 7.73. The Hall–Kier alpha value is -0.0800. The highest BCUT2D eigenvalue weighted by Crippen LogP contribution is 2.47. The number of ether oxygens (including phenoxy) is 2. The molecule has 0 aromatic heterocycles. The van der Waals surface area contributed by atoms with Crippen LogP contribution in [0, 0.1) is 0 Å². The molecule has 1 saturated heterocycles. The van der Waals surface area contributed by atoms with E-state index < -0.39 is 0 Å². The van der Waals surface area contributed by atoms with Crippen LogP contribution >= 0.6 is 0 Å². The number of rotatable bonds is 3. The minimum Gasteiger partial charge on any atom is -0.379 e. The van der Waals surface area contributed by atoms with Crippen LogP contribution in [0.2, 0.25) is 0 Å². The SMILES string of the molecule is CCOCC12CCCCC1O2. The second-order valence-electron chi connectivity index (χ2n) is 3.55. The molecule has 0 amide bonds. The molecular weight excluding hydrogens is 140 g/mol. The van der Waals surface area contributed by atoms with Gasteiger partial charge in [-0.15, -0.1) is 0 Å². The number of fused-ring (bicyclic) bond motifs is 1. The summed E-state index contributed by atoms with van der Waals surface area (Å²) in [5.41, 5.74) is 0.175. The van der Waals surface area contributed by atoms with Crippen molar-refractivity contribution in [2.45, 2.75) is 44.3 Å². The maximum Gasteiger partial charge on any atom is 0.118 e. The summed E-state index contributed by atoms with van der Waals surface area (Å²) >= 11 is 0. The van der Waals surface area contributed by atoms with Gasteiger partial charge < -0.3 is 9.47 Å². The Bertz CT molecular complexity index is 146. The van der Waals surface area contributed by atoms with Crippen molar-refractivity contribution in [1.29, 1.82) is 0 Å². The summed E-state index contributed by atoms with van der Waals surface area (Å²) in [5, 5.41) is 0. The smallest absolute Gasteiger partial charge is 0.118 e. The summed E-state index contributed by atoms with van der Waals surface area (Å²) in [6, 6.07) is 0. The lowest BCUT2D eigenvalue weighted by Crippen LogP contribution is -2.25. The monoisotopic (exact) mass is 156 g/mol. The Labute approximate surface area is 67.9 Å². The molecule has 2 heteroatoms. The van der Waals surface area contributed by atoms with Gasteiger partial charge in [-0.2, -0.15) is 0 Å². The lowest BCUT2D eigenvalue weighted by atomic mass is 9.90. The fourth-order valence-corrected chi connectivity index (χ4v) is 2.02. The van der Waals surface area contributed by atoms with Gasteiger partial charge in [0.1, 0.15) is 5.60 Å². The molecule has 0 aromatic rings. The maximum atomic E-state index is 5.64. The summed E-state index contributed by atoms with van der Waals surface area (Å²) in [5.74, 6) is 0. The van der Waals surface area contributed by atoms with Crippen LogP contribution in [0.3, 0.4) is 0 Å². The number of epoxide rings is 1. The average Bonchev–Trinajstić information content (AvgIpc) is 2.75. The molecule has 2 rings (SSSR count). The van der Waals surface area contributed by atoms with Gasteiger partial charge in [-0.05, 0) is 19.8 Å². The topological polar surface area (TPSA) is 21.8 Å². The van der Waals surface area contributed by atoms with Crippen molar-refractivity contribution < 1.29 is 9.47 Å². The van der Waals surface area contributed by atoms with E-state index in [1.54, 1.807) is 0 Å². The van der Waals surface area contributed by atoms with Crippen LogP contribution < -0.4 is 0 Å². The van der Waals surface area contributed by atoms with Crippen molar-refractivity contribution in [3.63, 3.8) is 0 Å². The fraction of sp³-hybridized carbons (Fsp3) is 1.00. The molecular formula is C9H16O2. The summed E-state index contributed by atoms with van der Waals surface area (Å²) < 4.78 is 11.0. The van der Waals surface area contributed by atoms with Gasteiger partial charge in [0.05, 0.1) is 12.7 Å². The molecule has 0 aromatic carbocycles. The van der Waals surface area contributed by atoms with E-state index in [4.69, 9.17) is 9.47 Å². The molecule has 1 saturated carbocycles. The van der Waals surface area contributed by atoms with Crippen LogP contribution in [0.25, 0.3) is 0 Å². The normalized spacial score (nSPS) is 41.7. The number of hydrogen-bond acceptors (Lipinski definition) is 2. The molecule has 64 valence electrons. The van der Waals surface area contributed by atoms with Crippen molar-refractivity contribution in [3.05, 3.63) is 0 Å². The third-order valence-corrected chi connectivity index (χ3v) is 2.77. The average molecular weight is 156 g/mol.